The maximum Gasteiger partial charge on any atom is 0.270 e. The number of hydrogen-bond donors (Lipinski definition) is 2. The van der Waals surface area contributed by atoms with Gasteiger partial charge in [0.15, 0.2) is 5.16 Å². The highest BCUT2D eigenvalue weighted by molar-refractivity contribution is 7.99. The Labute approximate surface area is 196 Å². The number of fused-ring (bicyclic) bond motifs is 1. The Bertz CT molecular complexity index is 1290. The number of thioether (sulfide) groups is 1. The van der Waals surface area contributed by atoms with E-state index in [4.69, 9.17) is 4.74 Å². The largest absolute Gasteiger partial charge is 0.383 e. The van der Waals surface area contributed by atoms with E-state index < -0.39 is 16.7 Å². The van der Waals surface area contributed by atoms with Crippen LogP contribution in [-0.4, -0.2) is 45.8 Å². The van der Waals surface area contributed by atoms with Crippen molar-refractivity contribution in [3.05, 3.63) is 60.7 Å². The van der Waals surface area contributed by atoms with Crippen molar-refractivity contribution < 1.29 is 19.2 Å². The van der Waals surface area contributed by atoms with Crippen LogP contribution in [-0.2, 0) is 16.1 Å². The number of methoxy groups -OCH3 is 1. The molecule has 0 saturated carbocycles. The molecule has 3 rings (SSSR count). The Morgan fingerprint density at radius 3 is 2.76 bits per heavy atom. The second-order valence-corrected chi connectivity index (χ2v) is 9.05. The first-order valence-electron chi connectivity index (χ1n) is 9.68. The number of ether oxygens (including phenoxy) is 1. The van der Waals surface area contributed by atoms with Gasteiger partial charge in [-0.05, 0) is 25.5 Å². The van der Waals surface area contributed by atoms with Gasteiger partial charge in [0.2, 0.25) is 5.91 Å². The summed E-state index contributed by atoms with van der Waals surface area (Å²) in [5, 5.41) is 11.8. The fourth-order valence-electron chi connectivity index (χ4n) is 2.92. The first kappa shape index (κ1) is 24.4. The summed E-state index contributed by atoms with van der Waals surface area (Å²) in [7, 11) is 1.53. The summed E-state index contributed by atoms with van der Waals surface area (Å²) in [6.45, 7) is 4.38. The van der Waals surface area contributed by atoms with Crippen molar-refractivity contribution in [2.24, 2.45) is 0 Å². The third-order valence-electron chi connectivity index (χ3n) is 4.74. The van der Waals surface area contributed by atoms with E-state index in [2.05, 4.69) is 15.8 Å². The number of aromatic nitrogens is 2. The molecule has 0 unspecified atom stereocenters. The van der Waals surface area contributed by atoms with Crippen molar-refractivity contribution in [2.45, 2.75) is 25.5 Å². The van der Waals surface area contributed by atoms with E-state index in [0.717, 1.165) is 28.3 Å². The SMILES string of the molecule is COCCn1c(SCC(=O)NNC(=O)c2cccc([N+](=O)[O-])c2)nc2sc(C)c(C)c2c1=O. The summed E-state index contributed by atoms with van der Waals surface area (Å²) in [6, 6.07) is 5.13. The molecule has 1 aromatic carbocycles. The Hall–Kier alpha value is -3.29. The van der Waals surface area contributed by atoms with E-state index in [1.807, 2.05) is 13.8 Å². The Kier molecular flexibility index (Phi) is 7.79. The van der Waals surface area contributed by atoms with E-state index in [0.29, 0.717) is 22.0 Å². The molecule has 2 heterocycles. The summed E-state index contributed by atoms with van der Waals surface area (Å²) in [5.74, 6) is -1.35. The molecule has 0 radical (unpaired) electrons. The predicted molar refractivity (Wildman–Crippen MR) is 125 cm³/mol. The predicted octanol–water partition coefficient (Wildman–Crippen LogP) is 2.18. The molecule has 0 spiro atoms. The first-order valence-corrected chi connectivity index (χ1v) is 11.5. The molecule has 0 aliphatic carbocycles. The summed E-state index contributed by atoms with van der Waals surface area (Å²) in [6.07, 6.45) is 0. The van der Waals surface area contributed by atoms with Crippen LogP contribution in [0.15, 0.2) is 34.2 Å². The normalized spacial score (nSPS) is 10.9. The molecule has 0 bridgehead atoms. The molecule has 0 aliphatic rings. The van der Waals surface area contributed by atoms with Crippen LogP contribution in [0.5, 0.6) is 0 Å². The van der Waals surface area contributed by atoms with Gasteiger partial charge < -0.3 is 4.74 Å². The number of hydrazine groups is 1. The van der Waals surface area contributed by atoms with Gasteiger partial charge in [-0.1, -0.05) is 17.8 Å². The van der Waals surface area contributed by atoms with Gasteiger partial charge in [0.25, 0.3) is 17.2 Å². The zero-order valence-corrected chi connectivity index (χ0v) is 19.7. The molecular formula is C20H21N5O6S2. The maximum atomic E-state index is 13.0. The van der Waals surface area contributed by atoms with Gasteiger partial charge in [0.1, 0.15) is 4.83 Å². The molecule has 13 heteroatoms. The average Bonchev–Trinajstić information content (AvgIpc) is 3.08. The molecule has 0 fully saturated rings. The van der Waals surface area contributed by atoms with Gasteiger partial charge in [-0.15, -0.1) is 11.3 Å². The molecule has 0 aliphatic heterocycles. The number of thiophene rings is 1. The number of non-ortho nitro benzene ring substituents is 1. The summed E-state index contributed by atoms with van der Waals surface area (Å²) in [4.78, 5) is 53.9. The molecule has 33 heavy (non-hydrogen) atoms. The minimum absolute atomic E-state index is 0.0288. The van der Waals surface area contributed by atoms with Crippen LogP contribution in [0.4, 0.5) is 5.69 Å². The van der Waals surface area contributed by atoms with Crippen molar-refractivity contribution in [3.63, 3.8) is 0 Å². The van der Waals surface area contributed by atoms with Crippen LogP contribution < -0.4 is 16.4 Å². The van der Waals surface area contributed by atoms with Crippen LogP contribution >= 0.6 is 23.1 Å². The quantitative estimate of drug-likeness (QED) is 0.211. The minimum atomic E-state index is -0.696. The third kappa shape index (κ3) is 5.56. The summed E-state index contributed by atoms with van der Waals surface area (Å²) < 4.78 is 6.57. The number of carbonyl (C=O) groups is 2. The lowest BCUT2D eigenvalue weighted by Gasteiger charge is -2.12. The van der Waals surface area contributed by atoms with Crippen molar-refractivity contribution >= 4 is 50.8 Å². The number of hydrogen-bond acceptors (Lipinski definition) is 9. The second-order valence-electron chi connectivity index (χ2n) is 6.91. The fraction of sp³-hybridized carbons (Fsp3) is 0.300. The Balaban J connectivity index is 1.70. The molecule has 0 saturated heterocycles. The molecule has 3 aromatic rings. The number of nitrogens with one attached hydrogen (secondary N) is 2. The minimum Gasteiger partial charge on any atom is -0.383 e. The van der Waals surface area contributed by atoms with E-state index in [1.165, 1.54) is 41.2 Å². The van der Waals surface area contributed by atoms with E-state index in [-0.39, 0.29) is 29.1 Å². The van der Waals surface area contributed by atoms with Gasteiger partial charge in [-0.25, -0.2) is 4.98 Å². The molecule has 2 amide bonds. The molecule has 174 valence electrons. The van der Waals surface area contributed by atoms with Gasteiger partial charge >= 0.3 is 0 Å². The van der Waals surface area contributed by atoms with Crippen molar-refractivity contribution in [2.75, 3.05) is 19.5 Å². The monoisotopic (exact) mass is 491 g/mol. The summed E-state index contributed by atoms with van der Waals surface area (Å²) >= 11 is 2.47. The second kappa shape index (κ2) is 10.6. The number of aryl methyl sites for hydroxylation is 2. The maximum absolute atomic E-state index is 13.0. The van der Waals surface area contributed by atoms with Crippen molar-refractivity contribution in [3.8, 4) is 0 Å². The lowest BCUT2D eigenvalue weighted by atomic mass is 10.2. The lowest BCUT2D eigenvalue weighted by molar-refractivity contribution is -0.384. The molecule has 11 nitrogen and oxygen atoms in total. The standard InChI is InChI=1S/C20H21N5O6S2/c1-11-12(2)33-18-16(11)19(28)24(7-8-31-3)20(21-18)32-10-15(26)22-23-17(27)13-5-4-6-14(9-13)25(29)30/h4-6,9H,7-8,10H2,1-3H3,(H,22,26)(H,23,27). The fourth-order valence-corrected chi connectivity index (χ4v) is 4.82. The number of amides is 2. The highest BCUT2D eigenvalue weighted by Crippen LogP contribution is 2.28. The smallest absolute Gasteiger partial charge is 0.270 e. The Morgan fingerprint density at radius 2 is 2.06 bits per heavy atom. The molecule has 2 N–H and O–H groups in total. The van der Waals surface area contributed by atoms with Gasteiger partial charge in [-0.2, -0.15) is 0 Å². The number of carbonyl (C=O) groups excluding carboxylic acids is 2. The van der Waals surface area contributed by atoms with Gasteiger partial charge in [0.05, 0.1) is 29.2 Å². The summed E-state index contributed by atoms with van der Waals surface area (Å²) in [5.41, 5.74) is 4.97. The number of nitrogens with zero attached hydrogens (tertiary/aromatic N) is 3. The number of benzene rings is 1. The zero-order chi connectivity index (χ0) is 24.1. The number of rotatable bonds is 8. The molecule has 0 atom stereocenters. The lowest BCUT2D eigenvalue weighted by Crippen LogP contribution is -2.42. The average molecular weight is 492 g/mol. The van der Waals surface area contributed by atoms with Crippen LogP contribution in [0.1, 0.15) is 20.8 Å². The third-order valence-corrected chi connectivity index (χ3v) is 6.82. The van der Waals surface area contributed by atoms with Crippen LogP contribution in [0.3, 0.4) is 0 Å². The van der Waals surface area contributed by atoms with E-state index in [1.54, 1.807) is 0 Å². The van der Waals surface area contributed by atoms with E-state index >= 15 is 0 Å². The topological polar surface area (TPSA) is 145 Å². The highest BCUT2D eigenvalue weighted by Gasteiger charge is 2.18. The zero-order valence-electron chi connectivity index (χ0n) is 18.0. The van der Waals surface area contributed by atoms with Gasteiger partial charge in [-0.3, -0.25) is 39.9 Å². The van der Waals surface area contributed by atoms with Crippen LogP contribution in [0, 0.1) is 24.0 Å². The number of nitro benzene ring substituents is 1. The number of nitro groups is 1. The van der Waals surface area contributed by atoms with Crippen molar-refractivity contribution in [1.82, 2.24) is 20.4 Å². The first-order chi connectivity index (χ1) is 15.7. The van der Waals surface area contributed by atoms with Gasteiger partial charge in [0, 0.05) is 29.7 Å². The van der Waals surface area contributed by atoms with Crippen LogP contribution in [0.25, 0.3) is 10.2 Å². The Morgan fingerprint density at radius 1 is 1.30 bits per heavy atom. The van der Waals surface area contributed by atoms with Crippen molar-refractivity contribution in [1.29, 1.82) is 0 Å². The van der Waals surface area contributed by atoms with Crippen LogP contribution in [0.2, 0.25) is 0 Å². The molecule has 2 aromatic heterocycles. The highest BCUT2D eigenvalue weighted by atomic mass is 32.2. The van der Waals surface area contributed by atoms with E-state index in [9.17, 15) is 24.5 Å². The molecular weight excluding hydrogens is 470 g/mol.